The number of hydrogen-bond donors (Lipinski definition) is 0. The highest BCUT2D eigenvalue weighted by atomic mass is 79.9. The van der Waals surface area contributed by atoms with Gasteiger partial charge in [-0.05, 0) is 42.5 Å². The van der Waals surface area contributed by atoms with E-state index in [0.29, 0.717) is 22.0 Å². The summed E-state index contributed by atoms with van der Waals surface area (Å²) in [6, 6.07) is 11.6. The average molecular weight is 367 g/mol. The van der Waals surface area contributed by atoms with Gasteiger partial charge in [0.15, 0.2) is 5.76 Å². The van der Waals surface area contributed by atoms with Gasteiger partial charge in [0, 0.05) is 21.2 Å². The molecule has 1 atom stereocenters. The van der Waals surface area contributed by atoms with Crippen LogP contribution in [0, 0.1) is 5.82 Å². The van der Waals surface area contributed by atoms with E-state index in [1.165, 1.54) is 12.1 Å². The Labute approximate surface area is 132 Å². The van der Waals surface area contributed by atoms with Crippen molar-refractivity contribution in [2.75, 3.05) is 5.75 Å². The molecule has 2 aromatic carbocycles. The topological polar surface area (TPSA) is 30.2 Å². The molecule has 5 heteroatoms. The summed E-state index contributed by atoms with van der Waals surface area (Å²) < 4.78 is 32.3. The van der Waals surface area contributed by atoms with Crippen molar-refractivity contribution >= 4 is 37.7 Å². The van der Waals surface area contributed by atoms with E-state index in [0.717, 1.165) is 15.4 Å². The summed E-state index contributed by atoms with van der Waals surface area (Å²) in [6.07, 6.45) is 0. The lowest BCUT2D eigenvalue weighted by Gasteiger charge is -2.02. The summed E-state index contributed by atoms with van der Waals surface area (Å²) in [6.45, 7) is 1.86. The van der Waals surface area contributed by atoms with Gasteiger partial charge in [-0.1, -0.05) is 22.9 Å². The van der Waals surface area contributed by atoms with Crippen LogP contribution in [0.15, 0.2) is 56.2 Å². The quantitative estimate of drug-likeness (QED) is 0.643. The molecule has 0 aliphatic rings. The van der Waals surface area contributed by atoms with Crippen LogP contribution in [-0.2, 0) is 10.8 Å². The molecule has 108 valence electrons. The molecule has 0 N–H and O–H groups in total. The first kappa shape index (κ1) is 14.5. The third-order valence-corrected chi connectivity index (χ3v) is 5.08. The van der Waals surface area contributed by atoms with Crippen molar-refractivity contribution in [1.82, 2.24) is 0 Å². The second-order valence-corrected chi connectivity index (χ2v) is 7.13. The van der Waals surface area contributed by atoms with Gasteiger partial charge >= 0.3 is 0 Å². The molecule has 0 aliphatic carbocycles. The maximum atomic E-state index is 13.1. The molecule has 3 aromatic rings. The van der Waals surface area contributed by atoms with E-state index in [-0.39, 0.29) is 5.82 Å². The van der Waals surface area contributed by atoms with Crippen LogP contribution in [0.2, 0.25) is 0 Å². The molecule has 0 spiro atoms. The minimum absolute atomic E-state index is 0.309. The summed E-state index contributed by atoms with van der Waals surface area (Å²) in [5, 5.41) is 0.823. The Hall–Kier alpha value is -1.46. The van der Waals surface area contributed by atoms with Gasteiger partial charge in [0.25, 0.3) is 0 Å². The van der Waals surface area contributed by atoms with E-state index >= 15 is 0 Å². The third kappa shape index (κ3) is 2.68. The van der Waals surface area contributed by atoms with E-state index in [4.69, 9.17) is 4.42 Å². The lowest BCUT2D eigenvalue weighted by molar-refractivity contribution is 0.618. The highest BCUT2D eigenvalue weighted by molar-refractivity contribution is 9.10. The van der Waals surface area contributed by atoms with Gasteiger partial charge in [-0.2, -0.15) is 0 Å². The smallest absolute Gasteiger partial charge is 0.151 e. The van der Waals surface area contributed by atoms with Crippen molar-refractivity contribution in [1.29, 1.82) is 0 Å². The number of rotatable bonds is 3. The molecule has 0 bridgehead atoms. The molecule has 0 saturated carbocycles. The fourth-order valence-corrected chi connectivity index (χ4v) is 3.63. The van der Waals surface area contributed by atoms with Crippen LogP contribution in [0.3, 0.4) is 0 Å². The number of fused-ring (bicyclic) bond motifs is 1. The molecule has 0 saturated heterocycles. The zero-order chi connectivity index (χ0) is 15.0. The second-order valence-electron chi connectivity index (χ2n) is 4.54. The van der Waals surface area contributed by atoms with Gasteiger partial charge in [0.1, 0.15) is 11.4 Å². The molecule has 1 heterocycles. The Morgan fingerprint density at radius 1 is 1.19 bits per heavy atom. The van der Waals surface area contributed by atoms with E-state index in [9.17, 15) is 8.60 Å². The molecule has 0 radical (unpaired) electrons. The maximum Gasteiger partial charge on any atom is 0.151 e. The van der Waals surface area contributed by atoms with Gasteiger partial charge in [-0.25, -0.2) is 4.39 Å². The Kier molecular flexibility index (Phi) is 3.95. The summed E-state index contributed by atoms with van der Waals surface area (Å²) in [7, 11) is -1.17. The van der Waals surface area contributed by atoms with Gasteiger partial charge in [0.2, 0.25) is 0 Å². The Bertz CT molecular complexity index is 824. The van der Waals surface area contributed by atoms with E-state index in [2.05, 4.69) is 15.9 Å². The van der Waals surface area contributed by atoms with Crippen LogP contribution in [0.5, 0.6) is 0 Å². The van der Waals surface area contributed by atoms with Crippen molar-refractivity contribution in [3.63, 3.8) is 0 Å². The molecule has 0 aliphatic heterocycles. The van der Waals surface area contributed by atoms with Crippen LogP contribution in [0.25, 0.3) is 22.3 Å². The van der Waals surface area contributed by atoms with Crippen LogP contribution >= 0.6 is 15.9 Å². The number of furan rings is 1. The first-order valence-corrected chi connectivity index (χ1v) is 8.57. The van der Waals surface area contributed by atoms with E-state index < -0.39 is 10.8 Å². The van der Waals surface area contributed by atoms with E-state index in [1.54, 1.807) is 12.1 Å². The maximum absolute atomic E-state index is 13.1. The van der Waals surface area contributed by atoms with Crippen LogP contribution < -0.4 is 0 Å². The summed E-state index contributed by atoms with van der Waals surface area (Å²) >= 11 is 3.42. The van der Waals surface area contributed by atoms with Crippen molar-refractivity contribution in [3.8, 4) is 11.3 Å². The molecule has 0 fully saturated rings. The highest BCUT2D eigenvalue weighted by Crippen LogP contribution is 2.37. The van der Waals surface area contributed by atoms with Crippen LogP contribution in [-0.4, -0.2) is 9.96 Å². The SMILES string of the molecule is CC[S@](=O)c1c(-c2ccc(F)cc2)oc2ccc(Br)cc12. The Morgan fingerprint density at radius 3 is 2.57 bits per heavy atom. The van der Waals surface area contributed by atoms with Gasteiger partial charge in [-0.3, -0.25) is 4.21 Å². The number of hydrogen-bond acceptors (Lipinski definition) is 2. The molecular weight excluding hydrogens is 355 g/mol. The summed E-state index contributed by atoms with van der Waals surface area (Å²) in [5.41, 5.74) is 1.40. The average Bonchev–Trinajstić information content (AvgIpc) is 2.85. The summed E-state index contributed by atoms with van der Waals surface area (Å²) in [4.78, 5) is 0.667. The number of benzene rings is 2. The highest BCUT2D eigenvalue weighted by Gasteiger charge is 2.20. The number of halogens is 2. The minimum Gasteiger partial charge on any atom is -0.455 e. The summed E-state index contributed by atoms with van der Waals surface area (Å²) in [5.74, 6) is 0.731. The van der Waals surface area contributed by atoms with Crippen molar-refractivity contribution in [3.05, 3.63) is 52.8 Å². The monoisotopic (exact) mass is 366 g/mol. The molecule has 0 unspecified atom stereocenters. The largest absolute Gasteiger partial charge is 0.455 e. The second kappa shape index (κ2) is 5.73. The molecule has 21 heavy (non-hydrogen) atoms. The lowest BCUT2D eigenvalue weighted by Crippen LogP contribution is -1.95. The lowest BCUT2D eigenvalue weighted by atomic mass is 10.1. The predicted molar refractivity (Wildman–Crippen MR) is 86.3 cm³/mol. The van der Waals surface area contributed by atoms with Gasteiger partial charge in [0.05, 0.1) is 15.7 Å². The zero-order valence-corrected chi connectivity index (χ0v) is 13.6. The fraction of sp³-hybridized carbons (Fsp3) is 0.125. The first-order valence-electron chi connectivity index (χ1n) is 6.46. The molecule has 0 amide bonds. The molecule has 2 nitrogen and oxygen atoms in total. The third-order valence-electron chi connectivity index (χ3n) is 3.20. The zero-order valence-electron chi connectivity index (χ0n) is 11.2. The standard InChI is InChI=1S/C16H12BrFO2S/c1-2-21(19)16-13-9-11(17)5-8-14(13)20-15(16)10-3-6-12(18)7-4-10/h3-9H,2H2,1H3/t21-/m0/s1. The molecular formula is C16H12BrFO2S. The van der Waals surface area contributed by atoms with Crippen molar-refractivity contribution in [2.45, 2.75) is 11.8 Å². The molecule has 1 aromatic heterocycles. The van der Waals surface area contributed by atoms with Gasteiger partial charge in [-0.15, -0.1) is 0 Å². The van der Waals surface area contributed by atoms with Crippen LogP contribution in [0.1, 0.15) is 6.92 Å². The van der Waals surface area contributed by atoms with Crippen molar-refractivity contribution < 1.29 is 13.0 Å². The van der Waals surface area contributed by atoms with Crippen molar-refractivity contribution in [2.24, 2.45) is 0 Å². The normalized spacial score (nSPS) is 12.7. The van der Waals surface area contributed by atoms with E-state index in [1.807, 2.05) is 25.1 Å². The predicted octanol–water partition coefficient (Wildman–Crippen LogP) is 5.13. The fourth-order valence-electron chi connectivity index (χ4n) is 2.21. The Morgan fingerprint density at radius 2 is 1.90 bits per heavy atom. The van der Waals surface area contributed by atoms with Crippen LogP contribution in [0.4, 0.5) is 4.39 Å². The van der Waals surface area contributed by atoms with Gasteiger partial charge < -0.3 is 4.42 Å². The minimum atomic E-state index is -1.17. The Balaban J connectivity index is 2.30. The first-order chi connectivity index (χ1) is 10.1. The molecule has 3 rings (SSSR count).